The van der Waals surface area contributed by atoms with Crippen molar-refractivity contribution in [3.8, 4) is 0 Å². The third-order valence-corrected chi connectivity index (χ3v) is 3.85. The van der Waals surface area contributed by atoms with E-state index in [0.717, 1.165) is 10.4 Å². The van der Waals surface area contributed by atoms with E-state index >= 15 is 0 Å². The Hall–Kier alpha value is -1.39. The van der Waals surface area contributed by atoms with Crippen molar-refractivity contribution in [2.24, 2.45) is 0 Å². The first-order chi connectivity index (χ1) is 8.09. The highest BCUT2D eigenvalue weighted by atomic mass is 35.5. The summed E-state index contributed by atoms with van der Waals surface area (Å²) in [6, 6.07) is 3.45. The lowest BCUT2D eigenvalue weighted by Gasteiger charge is -2.05. The van der Waals surface area contributed by atoms with Crippen LogP contribution >= 0.6 is 22.9 Å². The van der Waals surface area contributed by atoms with Crippen LogP contribution in [0, 0.1) is 13.8 Å². The number of carbonyl (C=O) groups excluding carboxylic acids is 1. The van der Waals surface area contributed by atoms with Gasteiger partial charge in [-0.2, -0.15) is 0 Å². The minimum Gasteiger partial charge on any atom is -0.319 e. The van der Waals surface area contributed by atoms with Gasteiger partial charge < -0.3 is 5.32 Å². The van der Waals surface area contributed by atoms with Crippen molar-refractivity contribution >= 4 is 34.5 Å². The quantitative estimate of drug-likeness (QED) is 0.843. The van der Waals surface area contributed by atoms with Crippen LogP contribution in [0.4, 0.5) is 5.69 Å². The summed E-state index contributed by atoms with van der Waals surface area (Å²) in [7, 11) is 0. The molecule has 0 unspecified atom stereocenters. The van der Waals surface area contributed by atoms with Gasteiger partial charge in [0.25, 0.3) is 5.91 Å². The minimum atomic E-state index is -0.151. The van der Waals surface area contributed by atoms with Gasteiger partial charge in [0.1, 0.15) is 0 Å². The third-order valence-electron chi connectivity index (χ3n) is 2.54. The first-order valence-corrected chi connectivity index (χ1v) is 6.32. The molecule has 2 aromatic heterocycles. The lowest BCUT2D eigenvalue weighted by molar-refractivity contribution is 0.102. The van der Waals surface area contributed by atoms with Crippen LogP contribution in [0.25, 0.3) is 0 Å². The molecule has 5 heteroatoms. The molecule has 3 nitrogen and oxygen atoms in total. The maximum Gasteiger partial charge on any atom is 0.256 e. The standard InChI is InChI=1S/C12H11ClN2OS/c1-7-8(2)17-6-9(7)12(16)15-10-4-3-5-14-11(10)13/h3-6H,1-2H3,(H,15,16). The van der Waals surface area contributed by atoms with E-state index in [1.807, 2.05) is 19.2 Å². The van der Waals surface area contributed by atoms with Crippen LogP contribution in [0.2, 0.25) is 5.15 Å². The molecule has 17 heavy (non-hydrogen) atoms. The molecular formula is C12H11ClN2OS. The molecule has 88 valence electrons. The molecule has 2 aromatic rings. The van der Waals surface area contributed by atoms with Gasteiger partial charge in [0.05, 0.1) is 11.3 Å². The highest BCUT2D eigenvalue weighted by molar-refractivity contribution is 7.10. The molecule has 0 saturated carbocycles. The van der Waals surface area contributed by atoms with E-state index in [0.29, 0.717) is 16.4 Å². The van der Waals surface area contributed by atoms with Crippen molar-refractivity contribution in [1.82, 2.24) is 4.98 Å². The monoisotopic (exact) mass is 266 g/mol. The highest BCUT2D eigenvalue weighted by Gasteiger charge is 2.13. The Morgan fingerprint density at radius 3 is 2.82 bits per heavy atom. The number of nitrogens with zero attached hydrogens (tertiary/aromatic N) is 1. The van der Waals surface area contributed by atoms with E-state index in [-0.39, 0.29) is 5.91 Å². The molecule has 0 aliphatic heterocycles. The van der Waals surface area contributed by atoms with E-state index in [2.05, 4.69) is 10.3 Å². The lowest BCUT2D eigenvalue weighted by Crippen LogP contribution is -2.12. The smallest absolute Gasteiger partial charge is 0.256 e. The van der Waals surface area contributed by atoms with Crippen molar-refractivity contribution in [1.29, 1.82) is 0 Å². The predicted molar refractivity (Wildman–Crippen MR) is 71.0 cm³/mol. The van der Waals surface area contributed by atoms with E-state index in [4.69, 9.17) is 11.6 Å². The van der Waals surface area contributed by atoms with E-state index in [9.17, 15) is 4.79 Å². The number of anilines is 1. The summed E-state index contributed by atoms with van der Waals surface area (Å²) in [6.45, 7) is 3.93. The lowest BCUT2D eigenvalue weighted by atomic mass is 10.1. The van der Waals surface area contributed by atoms with Gasteiger partial charge in [-0.25, -0.2) is 4.98 Å². The number of hydrogen-bond acceptors (Lipinski definition) is 3. The molecule has 2 rings (SSSR count). The molecule has 0 saturated heterocycles. The summed E-state index contributed by atoms with van der Waals surface area (Å²) in [5.74, 6) is -0.151. The first kappa shape index (κ1) is 12.1. The SMILES string of the molecule is Cc1scc(C(=O)Nc2cccnc2Cl)c1C. The summed E-state index contributed by atoms with van der Waals surface area (Å²) in [5, 5.41) is 4.90. The van der Waals surface area contributed by atoms with Gasteiger partial charge in [0.15, 0.2) is 5.15 Å². The zero-order valence-electron chi connectivity index (χ0n) is 9.45. The molecule has 0 spiro atoms. The zero-order valence-corrected chi connectivity index (χ0v) is 11.0. The molecule has 1 N–H and O–H groups in total. The van der Waals surface area contributed by atoms with Crippen LogP contribution in [0.3, 0.4) is 0 Å². The molecule has 0 aliphatic carbocycles. The second kappa shape index (κ2) is 4.85. The van der Waals surface area contributed by atoms with Crippen LogP contribution in [-0.4, -0.2) is 10.9 Å². The highest BCUT2D eigenvalue weighted by Crippen LogP contribution is 2.23. The van der Waals surface area contributed by atoms with Gasteiger partial charge in [-0.3, -0.25) is 4.79 Å². The summed E-state index contributed by atoms with van der Waals surface area (Å²) < 4.78 is 0. The molecule has 0 aliphatic rings. The number of pyridine rings is 1. The Bertz CT molecular complexity index is 565. The molecule has 0 fully saturated rings. The maximum atomic E-state index is 12.0. The second-order valence-corrected chi connectivity index (χ2v) is 5.07. The van der Waals surface area contributed by atoms with Gasteiger partial charge in [-0.15, -0.1) is 11.3 Å². The molecule has 1 amide bonds. The number of nitrogens with one attached hydrogen (secondary N) is 1. The van der Waals surface area contributed by atoms with Gasteiger partial charge >= 0.3 is 0 Å². The van der Waals surface area contributed by atoms with Gasteiger partial charge in [-0.05, 0) is 31.5 Å². The van der Waals surface area contributed by atoms with Crippen molar-refractivity contribution in [2.75, 3.05) is 5.32 Å². The average molecular weight is 267 g/mol. The summed E-state index contributed by atoms with van der Waals surface area (Å²) >= 11 is 7.44. The summed E-state index contributed by atoms with van der Waals surface area (Å²) in [6.07, 6.45) is 1.58. The first-order valence-electron chi connectivity index (χ1n) is 5.06. The molecule has 2 heterocycles. The number of hydrogen-bond donors (Lipinski definition) is 1. The molecule has 0 radical (unpaired) electrons. The summed E-state index contributed by atoms with van der Waals surface area (Å²) in [5.41, 5.74) is 2.22. The Labute approximate surface area is 108 Å². The average Bonchev–Trinajstić information content (AvgIpc) is 2.63. The fraction of sp³-hybridized carbons (Fsp3) is 0.167. The van der Waals surface area contributed by atoms with Crippen LogP contribution in [-0.2, 0) is 0 Å². The number of rotatable bonds is 2. The normalized spacial score (nSPS) is 10.3. The Morgan fingerprint density at radius 2 is 2.24 bits per heavy atom. The summed E-state index contributed by atoms with van der Waals surface area (Å²) in [4.78, 5) is 17.1. The van der Waals surface area contributed by atoms with Crippen molar-refractivity contribution < 1.29 is 4.79 Å². The number of carbonyl (C=O) groups is 1. The zero-order chi connectivity index (χ0) is 12.4. The Kier molecular flexibility index (Phi) is 3.45. The van der Waals surface area contributed by atoms with Gasteiger partial charge in [0.2, 0.25) is 0 Å². The molecule has 0 aromatic carbocycles. The molecule has 0 atom stereocenters. The third kappa shape index (κ3) is 2.48. The van der Waals surface area contributed by atoms with E-state index in [1.54, 1.807) is 29.7 Å². The Morgan fingerprint density at radius 1 is 1.47 bits per heavy atom. The number of halogens is 1. The van der Waals surface area contributed by atoms with E-state index < -0.39 is 0 Å². The number of thiophene rings is 1. The number of aryl methyl sites for hydroxylation is 1. The molecular weight excluding hydrogens is 256 g/mol. The fourth-order valence-electron chi connectivity index (χ4n) is 1.41. The van der Waals surface area contributed by atoms with Crippen molar-refractivity contribution in [3.05, 3.63) is 44.9 Å². The van der Waals surface area contributed by atoms with Gasteiger partial charge in [-0.1, -0.05) is 11.6 Å². The van der Waals surface area contributed by atoms with Gasteiger partial charge in [0, 0.05) is 16.5 Å². The fourth-order valence-corrected chi connectivity index (χ4v) is 2.44. The van der Waals surface area contributed by atoms with Crippen LogP contribution < -0.4 is 5.32 Å². The Balaban J connectivity index is 2.23. The predicted octanol–water partition coefficient (Wildman–Crippen LogP) is 3.67. The van der Waals surface area contributed by atoms with Crippen LogP contribution in [0.5, 0.6) is 0 Å². The number of amides is 1. The number of aromatic nitrogens is 1. The van der Waals surface area contributed by atoms with Crippen LogP contribution in [0.15, 0.2) is 23.7 Å². The van der Waals surface area contributed by atoms with Crippen LogP contribution in [0.1, 0.15) is 20.8 Å². The topological polar surface area (TPSA) is 42.0 Å². The second-order valence-electron chi connectivity index (χ2n) is 3.63. The molecule has 0 bridgehead atoms. The maximum absolute atomic E-state index is 12.0. The van der Waals surface area contributed by atoms with Crippen molar-refractivity contribution in [3.63, 3.8) is 0 Å². The largest absolute Gasteiger partial charge is 0.319 e. The van der Waals surface area contributed by atoms with Crippen molar-refractivity contribution in [2.45, 2.75) is 13.8 Å². The minimum absolute atomic E-state index is 0.151. The van der Waals surface area contributed by atoms with E-state index in [1.165, 1.54) is 0 Å².